The monoisotopic (exact) mass is 170 g/mol. The summed E-state index contributed by atoms with van der Waals surface area (Å²) in [5.74, 6) is 0. The molecule has 1 nitrogen and oxygen atoms in total. The van der Waals surface area contributed by atoms with Crippen molar-refractivity contribution in [1.29, 1.82) is 0 Å². The van der Waals surface area contributed by atoms with E-state index in [0.717, 1.165) is 24.8 Å². The fraction of sp³-hybridized carbons (Fsp3) is 0.818. The van der Waals surface area contributed by atoms with Gasteiger partial charge in [-0.2, -0.15) is 0 Å². The second kappa shape index (κ2) is 4.66. The first-order valence-corrected chi connectivity index (χ1v) is 4.78. The molecule has 0 aliphatic rings. The molecule has 0 aliphatic carbocycles. The summed E-state index contributed by atoms with van der Waals surface area (Å²) >= 11 is 0. The lowest BCUT2D eigenvalue weighted by atomic mass is 9.89. The quantitative estimate of drug-likeness (QED) is 0.642. The first-order valence-electron chi connectivity index (χ1n) is 4.78. The Morgan fingerprint density at radius 1 is 1.25 bits per heavy atom. The zero-order chi connectivity index (χ0) is 9.78. The number of allylic oxidation sites excluding steroid dienone is 1. The minimum Gasteiger partial charge on any atom is -0.386 e. The molecule has 1 N–H and O–H groups in total. The highest BCUT2D eigenvalue weighted by molar-refractivity contribution is 5.17. The van der Waals surface area contributed by atoms with Crippen molar-refractivity contribution in [2.24, 2.45) is 0 Å². The van der Waals surface area contributed by atoms with Crippen LogP contribution in [0.4, 0.5) is 0 Å². The molecule has 12 heavy (non-hydrogen) atoms. The molecule has 1 heteroatoms. The molecular weight excluding hydrogens is 148 g/mol. The van der Waals surface area contributed by atoms with Gasteiger partial charge < -0.3 is 5.11 Å². The van der Waals surface area contributed by atoms with Gasteiger partial charge in [-0.05, 0) is 39.7 Å². The van der Waals surface area contributed by atoms with Gasteiger partial charge in [-0.25, -0.2) is 0 Å². The smallest absolute Gasteiger partial charge is 0.0828 e. The molecule has 0 amide bonds. The Hall–Kier alpha value is -0.300. The van der Waals surface area contributed by atoms with E-state index < -0.39 is 5.60 Å². The van der Waals surface area contributed by atoms with Crippen molar-refractivity contribution in [3.05, 3.63) is 11.1 Å². The molecule has 0 heterocycles. The maximum atomic E-state index is 10.0. The average Bonchev–Trinajstić information content (AvgIpc) is 1.99. The van der Waals surface area contributed by atoms with Gasteiger partial charge in [0, 0.05) is 0 Å². The van der Waals surface area contributed by atoms with Crippen LogP contribution in [0, 0.1) is 0 Å². The van der Waals surface area contributed by atoms with Gasteiger partial charge in [0.05, 0.1) is 5.60 Å². The summed E-state index contributed by atoms with van der Waals surface area (Å²) in [5, 5.41) is 10.0. The SMILES string of the molecule is CCCCC(C)(O)C(C)=C(C)C. The summed E-state index contributed by atoms with van der Waals surface area (Å²) in [5.41, 5.74) is 1.77. The first kappa shape index (κ1) is 11.7. The highest BCUT2D eigenvalue weighted by Gasteiger charge is 2.22. The largest absolute Gasteiger partial charge is 0.386 e. The van der Waals surface area contributed by atoms with Gasteiger partial charge in [-0.15, -0.1) is 0 Å². The van der Waals surface area contributed by atoms with Crippen molar-refractivity contribution in [1.82, 2.24) is 0 Å². The van der Waals surface area contributed by atoms with Crippen LogP contribution in [0.2, 0.25) is 0 Å². The maximum absolute atomic E-state index is 10.0. The summed E-state index contributed by atoms with van der Waals surface area (Å²) in [4.78, 5) is 0. The summed E-state index contributed by atoms with van der Waals surface area (Å²) in [6.07, 6.45) is 3.12. The minimum absolute atomic E-state index is 0.588. The fourth-order valence-electron chi connectivity index (χ4n) is 1.25. The van der Waals surface area contributed by atoms with Gasteiger partial charge in [0.2, 0.25) is 0 Å². The van der Waals surface area contributed by atoms with Gasteiger partial charge in [0.25, 0.3) is 0 Å². The first-order chi connectivity index (χ1) is 5.41. The van der Waals surface area contributed by atoms with Crippen molar-refractivity contribution < 1.29 is 5.11 Å². The van der Waals surface area contributed by atoms with Crippen LogP contribution in [-0.4, -0.2) is 10.7 Å². The number of rotatable bonds is 4. The van der Waals surface area contributed by atoms with E-state index in [4.69, 9.17) is 0 Å². The molecular formula is C11H22O. The zero-order valence-corrected chi connectivity index (χ0v) is 9.07. The van der Waals surface area contributed by atoms with Crippen molar-refractivity contribution in [2.75, 3.05) is 0 Å². The Morgan fingerprint density at radius 2 is 1.75 bits per heavy atom. The highest BCUT2D eigenvalue weighted by Crippen LogP contribution is 2.24. The number of unbranched alkanes of at least 4 members (excludes halogenated alkanes) is 1. The molecule has 0 bridgehead atoms. The molecule has 0 aliphatic heterocycles. The van der Waals surface area contributed by atoms with Crippen LogP contribution in [-0.2, 0) is 0 Å². The van der Waals surface area contributed by atoms with E-state index in [0.29, 0.717) is 0 Å². The summed E-state index contributed by atoms with van der Waals surface area (Å²) in [7, 11) is 0. The maximum Gasteiger partial charge on any atom is 0.0828 e. The van der Waals surface area contributed by atoms with Crippen molar-refractivity contribution in [3.8, 4) is 0 Å². The van der Waals surface area contributed by atoms with Crippen LogP contribution >= 0.6 is 0 Å². The van der Waals surface area contributed by atoms with Crippen LogP contribution in [0.5, 0.6) is 0 Å². The van der Waals surface area contributed by atoms with Crippen LogP contribution < -0.4 is 0 Å². The normalized spacial score (nSPS) is 15.5. The van der Waals surface area contributed by atoms with E-state index in [-0.39, 0.29) is 0 Å². The van der Waals surface area contributed by atoms with Gasteiger partial charge in [-0.1, -0.05) is 25.3 Å². The molecule has 0 aromatic heterocycles. The Balaban J connectivity index is 4.29. The van der Waals surface area contributed by atoms with Gasteiger partial charge >= 0.3 is 0 Å². The molecule has 1 atom stereocenters. The van der Waals surface area contributed by atoms with E-state index in [1.54, 1.807) is 0 Å². The molecule has 0 radical (unpaired) electrons. The van der Waals surface area contributed by atoms with Crippen LogP contribution in [0.25, 0.3) is 0 Å². The van der Waals surface area contributed by atoms with E-state index >= 15 is 0 Å². The summed E-state index contributed by atoms with van der Waals surface area (Å²) < 4.78 is 0. The lowest BCUT2D eigenvalue weighted by molar-refractivity contribution is 0.0854. The van der Waals surface area contributed by atoms with Crippen LogP contribution in [0.3, 0.4) is 0 Å². The third-order valence-corrected chi connectivity index (χ3v) is 2.58. The molecule has 0 rings (SSSR count). The lowest BCUT2D eigenvalue weighted by Crippen LogP contribution is -2.26. The van der Waals surface area contributed by atoms with Gasteiger partial charge in [0.15, 0.2) is 0 Å². The predicted octanol–water partition coefficient (Wildman–Crippen LogP) is 3.28. The van der Waals surface area contributed by atoms with E-state index in [1.165, 1.54) is 5.57 Å². The lowest BCUT2D eigenvalue weighted by Gasteiger charge is -2.25. The van der Waals surface area contributed by atoms with E-state index in [1.807, 2.05) is 13.8 Å². The van der Waals surface area contributed by atoms with E-state index in [9.17, 15) is 5.11 Å². The standard InChI is InChI=1S/C11H22O/c1-6-7-8-11(5,12)10(4)9(2)3/h12H,6-8H2,1-5H3. The van der Waals surface area contributed by atoms with Gasteiger partial charge in [0.1, 0.15) is 0 Å². The van der Waals surface area contributed by atoms with Crippen molar-refractivity contribution in [3.63, 3.8) is 0 Å². The molecule has 0 saturated carbocycles. The Bertz CT molecular complexity index is 162. The highest BCUT2D eigenvalue weighted by atomic mass is 16.3. The third kappa shape index (κ3) is 3.40. The summed E-state index contributed by atoms with van der Waals surface area (Å²) in [6.45, 7) is 10.2. The average molecular weight is 170 g/mol. The Morgan fingerprint density at radius 3 is 2.08 bits per heavy atom. The minimum atomic E-state index is -0.588. The summed E-state index contributed by atoms with van der Waals surface area (Å²) in [6, 6.07) is 0. The molecule has 0 spiro atoms. The topological polar surface area (TPSA) is 20.2 Å². The second-order valence-electron chi connectivity index (χ2n) is 4.00. The predicted molar refractivity (Wildman–Crippen MR) is 54.2 cm³/mol. The number of hydrogen-bond donors (Lipinski definition) is 1. The van der Waals surface area contributed by atoms with E-state index in [2.05, 4.69) is 20.8 Å². The molecule has 0 saturated heterocycles. The van der Waals surface area contributed by atoms with Crippen LogP contribution in [0.15, 0.2) is 11.1 Å². The molecule has 1 unspecified atom stereocenters. The van der Waals surface area contributed by atoms with Crippen molar-refractivity contribution in [2.45, 2.75) is 59.5 Å². The van der Waals surface area contributed by atoms with Gasteiger partial charge in [-0.3, -0.25) is 0 Å². The Kier molecular flexibility index (Phi) is 4.54. The van der Waals surface area contributed by atoms with Crippen LogP contribution in [0.1, 0.15) is 53.9 Å². The molecule has 0 aromatic carbocycles. The second-order valence-corrected chi connectivity index (χ2v) is 4.00. The molecule has 72 valence electrons. The Labute approximate surface area is 76.5 Å². The number of aliphatic hydroxyl groups is 1. The molecule has 0 fully saturated rings. The third-order valence-electron chi connectivity index (χ3n) is 2.58. The fourth-order valence-corrected chi connectivity index (χ4v) is 1.25. The zero-order valence-electron chi connectivity index (χ0n) is 9.07. The molecule has 0 aromatic rings. The van der Waals surface area contributed by atoms with Crippen molar-refractivity contribution >= 4 is 0 Å². The number of hydrogen-bond acceptors (Lipinski definition) is 1.